The molecule has 2 rings (SSSR count). The lowest BCUT2D eigenvalue weighted by molar-refractivity contribution is 0.0420. The summed E-state index contributed by atoms with van der Waals surface area (Å²) in [5.41, 5.74) is -1.03. The number of aliphatic hydroxyl groups is 1. The van der Waals surface area contributed by atoms with E-state index >= 15 is 0 Å². The highest BCUT2D eigenvalue weighted by molar-refractivity contribution is 5.01. The largest absolute Gasteiger partial charge is 0.381 e. The van der Waals surface area contributed by atoms with Gasteiger partial charge in [0.25, 0.3) is 5.89 Å². The van der Waals surface area contributed by atoms with Crippen molar-refractivity contribution in [2.45, 2.75) is 58.0 Å². The van der Waals surface area contributed by atoms with Gasteiger partial charge in [0.1, 0.15) is 5.60 Å². The molecule has 1 aromatic heterocycles. The van der Waals surface area contributed by atoms with Gasteiger partial charge < -0.3 is 9.63 Å². The Morgan fingerprint density at radius 1 is 1.25 bits per heavy atom. The van der Waals surface area contributed by atoms with Gasteiger partial charge in [-0.05, 0) is 32.6 Å². The Morgan fingerprint density at radius 3 is 2.38 bits per heavy atom. The van der Waals surface area contributed by atoms with Gasteiger partial charge in [0.05, 0.1) is 0 Å². The standard InChI is InChI=1S/C12H20N2O2/c1-8-4-6-9(7-5-8)10-13-11(16-14-10)12(2,3)15/h8-9,15H,4-7H2,1-3H3. The Kier molecular flexibility index (Phi) is 3.02. The average Bonchev–Trinajstić information content (AvgIpc) is 2.67. The summed E-state index contributed by atoms with van der Waals surface area (Å²) in [6.45, 7) is 5.61. The number of rotatable bonds is 2. The number of aromatic nitrogens is 2. The second-order valence-corrected chi connectivity index (χ2v) is 5.47. The van der Waals surface area contributed by atoms with Crippen LogP contribution in [0.4, 0.5) is 0 Å². The molecule has 0 aromatic carbocycles. The maximum atomic E-state index is 9.75. The molecule has 0 radical (unpaired) electrons. The maximum absolute atomic E-state index is 9.75. The zero-order valence-electron chi connectivity index (χ0n) is 10.2. The Balaban J connectivity index is 2.08. The van der Waals surface area contributed by atoms with Gasteiger partial charge in [-0.3, -0.25) is 0 Å². The SMILES string of the molecule is CC1CCC(c2noc(C(C)(C)O)n2)CC1. The summed E-state index contributed by atoms with van der Waals surface area (Å²) in [5.74, 6) is 2.32. The van der Waals surface area contributed by atoms with Crippen LogP contribution in [0.3, 0.4) is 0 Å². The molecular weight excluding hydrogens is 204 g/mol. The first kappa shape index (κ1) is 11.6. The molecule has 1 saturated carbocycles. The predicted octanol–water partition coefficient (Wildman–Crippen LogP) is 2.59. The highest BCUT2D eigenvalue weighted by Crippen LogP contribution is 2.34. The quantitative estimate of drug-likeness (QED) is 0.838. The smallest absolute Gasteiger partial charge is 0.258 e. The fourth-order valence-corrected chi connectivity index (χ4v) is 2.17. The van der Waals surface area contributed by atoms with Gasteiger partial charge in [-0.15, -0.1) is 0 Å². The first-order valence-corrected chi connectivity index (χ1v) is 6.03. The van der Waals surface area contributed by atoms with Gasteiger partial charge in [-0.2, -0.15) is 4.98 Å². The van der Waals surface area contributed by atoms with E-state index in [-0.39, 0.29) is 0 Å². The van der Waals surface area contributed by atoms with E-state index in [1.165, 1.54) is 12.8 Å². The van der Waals surface area contributed by atoms with Gasteiger partial charge >= 0.3 is 0 Å². The minimum atomic E-state index is -1.03. The molecule has 0 atom stereocenters. The van der Waals surface area contributed by atoms with Gasteiger partial charge in [-0.25, -0.2) is 0 Å². The molecule has 1 heterocycles. The molecule has 90 valence electrons. The summed E-state index contributed by atoms with van der Waals surface area (Å²) >= 11 is 0. The monoisotopic (exact) mass is 224 g/mol. The number of hydrogen-bond acceptors (Lipinski definition) is 4. The Labute approximate surface area is 96.1 Å². The molecule has 1 N–H and O–H groups in total. The van der Waals surface area contributed by atoms with Crippen molar-refractivity contribution < 1.29 is 9.63 Å². The molecule has 0 unspecified atom stereocenters. The molecule has 0 bridgehead atoms. The normalized spacial score (nSPS) is 27.0. The van der Waals surface area contributed by atoms with Crippen LogP contribution in [0.1, 0.15) is 64.1 Å². The van der Waals surface area contributed by atoms with Crippen LogP contribution < -0.4 is 0 Å². The van der Waals surface area contributed by atoms with E-state index in [0.717, 1.165) is 24.6 Å². The average molecular weight is 224 g/mol. The van der Waals surface area contributed by atoms with E-state index in [4.69, 9.17) is 4.52 Å². The summed E-state index contributed by atoms with van der Waals surface area (Å²) in [4.78, 5) is 4.30. The van der Waals surface area contributed by atoms with Gasteiger partial charge in [0.15, 0.2) is 5.82 Å². The minimum Gasteiger partial charge on any atom is -0.381 e. The minimum absolute atomic E-state index is 0.320. The summed E-state index contributed by atoms with van der Waals surface area (Å²) in [7, 11) is 0. The third-order valence-electron chi connectivity index (χ3n) is 3.35. The van der Waals surface area contributed by atoms with E-state index in [9.17, 15) is 5.11 Å². The van der Waals surface area contributed by atoms with Crippen LogP contribution >= 0.6 is 0 Å². The van der Waals surface area contributed by atoms with Crippen molar-refractivity contribution in [2.24, 2.45) is 5.92 Å². The Bertz CT molecular complexity index is 346. The topological polar surface area (TPSA) is 59.2 Å². The molecule has 0 aliphatic heterocycles. The van der Waals surface area contributed by atoms with Gasteiger partial charge in [0, 0.05) is 5.92 Å². The second-order valence-electron chi connectivity index (χ2n) is 5.47. The van der Waals surface area contributed by atoms with E-state index in [0.29, 0.717) is 11.8 Å². The van der Waals surface area contributed by atoms with E-state index in [1.54, 1.807) is 13.8 Å². The van der Waals surface area contributed by atoms with Crippen molar-refractivity contribution >= 4 is 0 Å². The van der Waals surface area contributed by atoms with Crippen molar-refractivity contribution in [1.29, 1.82) is 0 Å². The fourth-order valence-electron chi connectivity index (χ4n) is 2.17. The summed E-state index contributed by atoms with van der Waals surface area (Å²) < 4.78 is 5.10. The van der Waals surface area contributed by atoms with E-state index in [2.05, 4.69) is 17.1 Å². The highest BCUT2D eigenvalue weighted by atomic mass is 16.5. The van der Waals surface area contributed by atoms with E-state index in [1.807, 2.05) is 0 Å². The summed E-state index contributed by atoms with van der Waals surface area (Å²) in [6, 6.07) is 0. The molecule has 1 aliphatic carbocycles. The van der Waals surface area contributed by atoms with E-state index < -0.39 is 5.60 Å². The first-order valence-electron chi connectivity index (χ1n) is 6.03. The van der Waals surface area contributed by atoms with Crippen LogP contribution in [-0.4, -0.2) is 15.2 Å². The summed E-state index contributed by atoms with van der Waals surface area (Å²) in [5, 5.41) is 13.7. The van der Waals surface area contributed by atoms with Crippen LogP contribution in [0.5, 0.6) is 0 Å². The lowest BCUT2D eigenvalue weighted by atomic mass is 9.83. The zero-order chi connectivity index (χ0) is 11.8. The molecule has 16 heavy (non-hydrogen) atoms. The van der Waals surface area contributed by atoms with Crippen molar-refractivity contribution in [3.8, 4) is 0 Å². The molecule has 0 saturated heterocycles. The molecular formula is C12H20N2O2. The first-order chi connectivity index (χ1) is 7.47. The van der Waals surface area contributed by atoms with Crippen molar-refractivity contribution in [3.05, 3.63) is 11.7 Å². The second kappa shape index (κ2) is 4.17. The van der Waals surface area contributed by atoms with Gasteiger partial charge in [0.2, 0.25) is 0 Å². The molecule has 4 heteroatoms. The third kappa shape index (κ3) is 2.43. The van der Waals surface area contributed by atoms with Crippen LogP contribution in [0.2, 0.25) is 0 Å². The Hall–Kier alpha value is -0.900. The van der Waals surface area contributed by atoms with Crippen molar-refractivity contribution in [2.75, 3.05) is 0 Å². The highest BCUT2D eigenvalue weighted by Gasteiger charge is 2.28. The molecule has 1 fully saturated rings. The molecule has 0 spiro atoms. The van der Waals surface area contributed by atoms with Crippen LogP contribution in [0.25, 0.3) is 0 Å². The molecule has 1 aliphatic rings. The number of nitrogens with zero attached hydrogens (tertiary/aromatic N) is 2. The predicted molar refractivity (Wildman–Crippen MR) is 59.9 cm³/mol. The number of hydrogen-bond donors (Lipinski definition) is 1. The third-order valence-corrected chi connectivity index (χ3v) is 3.35. The van der Waals surface area contributed by atoms with Crippen molar-refractivity contribution in [1.82, 2.24) is 10.1 Å². The molecule has 1 aromatic rings. The van der Waals surface area contributed by atoms with Crippen LogP contribution in [-0.2, 0) is 5.60 Å². The van der Waals surface area contributed by atoms with Gasteiger partial charge in [-0.1, -0.05) is 24.9 Å². The lowest BCUT2D eigenvalue weighted by Gasteiger charge is -2.23. The molecule has 4 nitrogen and oxygen atoms in total. The van der Waals surface area contributed by atoms with Crippen LogP contribution in [0.15, 0.2) is 4.52 Å². The van der Waals surface area contributed by atoms with Crippen molar-refractivity contribution in [3.63, 3.8) is 0 Å². The summed E-state index contributed by atoms with van der Waals surface area (Å²) in [6.07, 6.45) is 4.73. The zero-order valence-corrected chi connectivity index (χ0v) is 10.2. The van der Waals surface area contributed by atoms with Crippen LogP contribution in [0, 0.1) is 5.92 Å². The lowest BCUT2D eigenvalue weighted by Crippen LogP contribution is -2.16. The molecule has 0 amide bonds. The fraction of sp³-hybridized carbons (Fsp3) is 0.833. The Morgan fingerprint density at radius 2 is 1.88 bits per heavy atom. The maximum Gasteiger partial charge on any atom is 0.258 e.